The standard InChI is InChI=1S/C22H20N2O4S/c1-14(2)24-21(25)20(29-22(24)26)11-15-8-9-18(19(10-15)27-3)28-13-17-7-5-4-6-16(17)12-23/h4-11,14H,13H2,1-3H3/b20-11+. The number of nitrogens with zero attached hydrogens (tertiary/aromatic N) is 2. The van der Waals surface area contributed by atoms with Gasteiger partial charge in [-0.3, -0.25) is 14.5 Å². The molecule has 7 heteroatoms. The Morgan fingerprint density at radius 3 is 2.59 bits per heavy atom. The molecule has 0 aliphatic carbocycles. The number of methoxy groups -OCH3 is 1. The summed E-state index contributed by atoms with van der Waals surface area (Å²) < 4.78 is 11.3. The maximum atomic E-state index is 12.4. The normalized spacial score (nSPS) is 15.1. The Morgan fingerprint density at radius 2 is 1.93 bits per heavy atom. The average Bonchev–Trinajstić information content (AvgIpc) is 3.00. The topological polar surface area (TPSA) is 79.6 Å². The van der Waals surface area contributed by atoms with E-state index in [4.69, 9.17) is 9.47 Å². The molecule has 0 saturated carbocycles. The highest BCUT2D eigenvalue weighted by Crippen LogP contribution is 2.35. The predicted octanol–water partition coefficient (Wildman–Crippen LogP) is 4.59. The summed E-state index contributed by atoms with van der Waals surface area (Å²) in [6.07, 6.45) is 1.67. The van der Waals surface area contributed by atoms with E-state index in [1.54, 1.807) is 50.3 Å². The molecule has 0 N–H and O–H groups in total. The van der Waals surface area contributed by atoms with Crippen molar-refractivity contribution in [2.45, 2.75) is 26.5 Å². The molecule has 0 spiro atoms. The molecule has 2 aromatic carbocycles. The summed E-state index contributed by atoms with van der Waals surface area (Å²) in [4.78, 5) is 26.1. The van der Waals surface area contributed by atoms with Gasteiger partial charge < -0.3 is 9.47 Å². The molecule has 6 nitrogen and oxygen atoms in total. The van der Waals surface area contributed by atoms with Crippen LogP contribution in [-0.4, -0.2) is 29.2 Å². The molecule has 0 atom stereocenters. The van der Waals surface area contributed by atoms with Gasteiger partial charge in [-0.25, -0.2) is 0 Å². The van der Waals surface area contributed by atoms with E-state index >= 15 is 0 Å². The number of hydrogen-bond donors (Lipinski definition) is 0. The van der Waals surface area contributed by atoms with E-state index in [1.807, 2.05) is 12.1 Å². The van der Waals surface area contributed by atoms with Crippen LogP contribution in [0, 0.1) is 11.3 Å². The number of carbonyl (C=O) groups is 2. The third-order valence-corrected chi connectivity index (χ3v) is 5.23. The summed E-state index contributed by atoms with van der Waals surface area (Å²) in [6, 6.07) is 14.5. The van der Waals surface area contributed by atoms with Crippen molar-refractivity contribution in [2.24, 2.45) is 0 Å². The van der Waals surface area contributed by atoms with Gasteiger partial charge in [0, 0.05) is 11.6 Å². The zero-order valence-electron chi connectivity index (χ0n) is 16.3. The molecule has 2 amide bonds. The zero-order valence-corrected chi connectivity index (χ0v) is 17.2. The van der Waals surface area contributed by atoms with Crippen molar-refractivity contribution in [2.75, 3.05) is 7.11 Å². The number of imide groups is 1. The summed E-state index contributed by atoms with van der Waals surface area (Å²) in [5.74, 6) is 0.728. The summed E-state index contributed by atoms with van der Waals surface area (Å²) in [5.41, 5.74) is 2.06. The van der Waals surface area contributed by atoms with Gasteiger partial charge in [0.05, 0.1) is 23.6 Å². The van der Waals surface area contributed by atoms with Gasteiger partial charge in [-0.2, -0.15) is 5.26 Å². The fourth-order valence-corrected chi connectivity index (χ4v) is 3.84. The molecule has 1 saturated heterocycles. The molecular weight excluding hydrogens is 388 g/mol. The van der Waals surface area contributed by atoms with Crippen molar-refractivity contribution in [1.82, 2.24) is 4.90 Å². The molecule has 0 unspecified atom stereocenters. The number of amides is 2. The van der Waals surface area contributed by atoms with Crippen molar-refractivity contribution >= 4 is 29.0 Å². The van der Waals surface area contributed by atoms with Crippen molar-refractivity contribution in [1.29, 1.82) is 5.26 Å². The van der Waals surface area contributed by atoms with Gasteiger partial charge in [-0.1, -0.05) is 24.3 Å². The van der Waals surface area contributed by atoms with Crippen LogP contribution < -0.4 is 9.47 Å². The maximum Gasteiger partial charge on any atom is 0.293 e. The lowest BCUT2D eigenvalue weighted by molar-refractivity contribution is -0.123. The Labute approximate surface area is 173 Å². The Morgan fingerprint density at radius 1 is 1.17 bits per heavy atom. The number of rotatable bonds is 6. The monoisotopic (exact) mass is 408 g/mol. The highest BCUT2D eigenvalue weighted by atomic mass is 32.2. The highest BCUT2D eigenvalue weighted by Gasteiger charge is 2.36. The van der Waals surface area contributed by atoms with Gasteiger partial charge in [0.25, 0.3) is 11.1 Å². The van der Waals surface area contributed by atoms with Crippen molar-refractivity contribution in [3.8, 4) is 17.6 Å². The summed E-state index contributed by atoms with van der Waals surface area (Å²) >= 11 is 0.930. The van der Waals surface area contributed by atoms with E-state index in [9.17, 15) is 14.9 Å². The van der Waals surface area contributed by atoms with Crippen LogP contribution in [0.25, 0.3) is 6.08 Å². The minimum atomic E-state index is -0.289. The van der Waals surface area contributed by atoms with Crippen molar-refractivity contribution < 1.29 is 19.1 Å². The quantitative estimate of drug-likeness (QED) is 0.651. The molecular formula is C22H20N2O4S. The molecule has 29 heavy (non-hydrogen) atoms. The molecule has 148 valence electrons. The number of carbonyl (C=O) groups excluding carboxylic acids is 2. The van der Waals surface area contributed by atoms with Crippen LogP contribution in [0.3, 0.4) is 0 Å². The molecule has 3 rings (SSSR count). The number of nitriles is 1. The maximum absolute atomic E-state index is 12.4. The number of hydrogen-bond acceptors (Lipinski definition) is 6. The summed E-state index contributed by atoms with van der Waals surface area (Å²) in [7, 11) is 1.53. The second-order valence-electron chi connectivity index (χ2n) is 6.61. The summed E-state index contributed by atoms with van der Waals surface area (Å²) in [5, 5.41) is 8.92. The second-order valence-corrected chi connectivity index (χ2v) is 7.61. The van der Waals surface area contributed by atoms with Gasteiger partial charge in [0.15, 0.2) is 11.5 Å². The van der Waals surface area contributed by atoms with Crippen molar-refractivity contribution in [3.05, 3.63) is 64.1 Å². The average molecular weight is 408 g/mol. The first-order valence-corrected chi connectivity index (χ1v) is 9.82. The van der Waals surface area contributed by atoms with Crippen LogP contribution in [0.15, 0.2) is 47.4 Å². The molecule has 1 aliphatic heterocycles. The minimum absolute atomic E-state index is 0.185. The van der Waals surface area contributed by atoms with Crippen LogP contribution in [0.5, 0.6) is 11.5 Å². The summed E-state index contributed by atoms with van der Waals surface area (Å²) in [6.45, 7) is 3.84. The highest BCUT2D eigenvalue weighted by molar-refractivity contribution is 8.18. The number of ether oxygens (including phenoxy) is 2. The fraction of sp³-hybridized carbons (Fsp3) is 0.227. The Kier molecular flexibility index (Phi) is 6.25. The van der Waals surface area contributed by atoms with Gasteiger partial charge in [0.2, 0.25) is 0 Å². The number of thioether (sulfide) groups is 1. The first-order valence-electron chi connectivity index (χ1n) is 9.00. The van der Waals surface area contributed by atoms with Crippen molar-refractivity contribution in [3.63, 3.8) is 0 Å². The van der Waals surface area contributed by atoms with Crippen LogP contribution in [0.4, 0.5) is 4.79 Å². The Bertz CT molecular complexity index is 1020. The zero-order chi connectivity index (χ0) is 21.0. The van der Waals surface area contributed by atoms with Gasteiger partial charge >= 0.3 is 0 Å². The van der Waals surface area contributed by atoms with E-state index < -0.39 is 0 Å². The third kappa shape index (κ3) is 4.44. The fourth-order valence-electron chi connectivity index (χ4n) is 2.88. The molecule has 1 heterocycles. The van der Waals surface area contributed by atoms with Crippen LogP contribution in [-0.2, 0) is 11.4 Å². The van der Waals surface area contributed by atoms with Gasteiger partial charge in [-0.05, 0) is 55.4 Å². The SMILES string of the molecule is COc1cc(/C=C2/SC(=O)N(C(C)C)C2=O)ccc1OCc1ccccc1C#N. The minimum Gasteiger partial charge on any atom is -0.493 e. The molecule has 0 aromatic heterocycles. The number of benzene rings is 2. The first kappa shape index (κ1) is 20.5. The van der Waals surface area contributed by atoms with Gasteiger partial charge in [0.1, 0.15) is 6.61 Å². The largest absolute Gasteiger partial charge is 0.493 e. The predicted molar refractivity (Wildman–Crippen MR) is 111 cm³/mol. The third-order valence-electron chi connectivity index (χ3n) is 4.35. The molecule has 1 aliphatic rings. The van der Waals surface area contributed by atoms with Crippen LogP contribution >= 0.6 is 11.8 Å². The van der Waals surface area contributed by atoms with E-state index in [0.717, 1.165) is 22.9 Å². The van der Waals surface area contributed by atoms with Crippen LogP contribution in [0.1, 0.15) is 30.5 Å². The van der Waals surface area contributed by atoms with Gasteiger partial charge in [-0.15, -0.1) is 0 Å². The first-order chi connectivity index (χ1) is 13.9. The lowest BCUT2D eigenvalue weighted by Gasteiger charge is -2.16. The molecule has 0 bridgehead atoms. The Balaban J connectivity index is 1.80. The van der Waals surface area contributed by atoms with E-state index in [1.165, 1.54) is 12.0 Å². The molecule has 1 fully saturated rings. The van der Waals surface area contributed by atoms with E-state index in [0.29, 0.717) is 22.0 Å². The lowest BCUT2D eigenvalue weighted by atomic mass is 10.1. The molecule has 0 radical (unpaired) electrons. The Hall–Kier alpha value is -3.24. The second kappa shape index (κ2) is 8.84. The van der Waals surface area contributed by atoms with Crippen LogP contribution in [0.2, 0.25) is 0 Å². The smallest absolute Gasteiger partial charge is 0.293 e. The van der Waals surface area contributed by atoms with E-state index in [2.05, 4.69) is 6.07 Å². The van der Waals surface area contributed by atoms with E-state index in [-0.39, 0.29) is 23.8 Å². The molecule has 2 aromatic rings. The lowest BCUT2D eigenvalue weighted by Crippen LogP contribution is -2.34.